The number of hydrogen-bond acceptors (Lipinski definition) is 8. The molecule has 0 aromatic heterocycles. The number of nitrogens with zero attached hydrogens (tertiary/aromatic N) is 1. The number of benzene rings is 3. The quantitative estimate of drug-likeness (QED) is 0.265. The van der Waals surface area contributed by atoms with Crippen molar-refractivity contribution in [3.8, 4) is 11.5 Å². The lowest BCUT2D eigenvalue weighted by Gasteiger charge is -2.32. The van der Waals surface area contributed by atoms with E-state index in [1.807, 2.05) is 13.8 Å². The molecule has 44 heavy (non-hydrogen) atoms. The minimum atomic E-state index is -1.26. The van der Waals surface area contributed by atoms with E-state index in [1.54, 1.807) is 60.7 Å². The van der Waals surface area contributed by atoms with Gasteiger partial charge in [0.1, 0.15) is 12.2 Å². The van der Waals surface area contributed by atoms with Crippen LogP contribution in [0.25, 0.3) is 0 Å². The monoisotopic (exact) mass is 624 g/mol. The summed E-state index contributed by atoms with van der Waals surface area (Å²) in [7, 11) is 3.01. The number of ketones is 1. The van der Waals surface area contributed by atoms with Gasteiger partial charge in [0.15, 0.2) is 17.3 Å². The van der Waals surface area contributed by atoms with Gasteiger partial charge in [-0.2, -0.15) is 0 Å². The molecule has 4 rings (SSSR count). The molecular weight excluding hydrogens is 588 g/mol. The van der Waals surface area contributed by atoms with Gasteiger partial charge in [0.2, 0.25) is 0 Å². The Morgan fingerprint density at radius 2 is 1.77 bits per heavy atom. The van der Waals surface area contributed by atoms with Crippen molar-refractivity contribution in [3.63, 3.8) is 0 Å². The SMILES string of the molecule is COc1cccc([C@H]2O[C@H](CC(=O)C(N)c3ccc(CC(=O)O)cc3)C(=O)N(CC(C)(C)CO)c3ccc(Cl)cc32)c1OC. The van der Waals surface area contributed by atoms with Crippen molar-refractivity contribution in [2.75, 3.05) is 32.3 Å². The molecule has 234 valence electrons. The maximum Gasteiger partial charge on any atom is 0.307 e. The summed E-state index contributed by atoms with van der Waals surface area (Å²) in [6, 6.07) is 15.7. The number of methoxy groups -OCH3 is 2. The van der Waals surface area contributed by atoms with Crippen LogP contribution in [-0.4, -0.2) is 61.3 Å². The van der Waals surface area contributed by atoms with Crippen LogP contribution in [0.1, 0.15) is 54.7 Å². The number of Topliss-reactive ketones (excluding diaryl/α,β-unsaturated/α-hetero) is 1. The van der Waals surface area contributed by atoms with Crippen molar-refractivity contribution in [2.24, 2.45) is 11.1 Å². The molecule has 3 aromatic carbocycles. The molecule has 0 saturated carbocycles. The fourth-order valence-corrected chi connectivity index (χ4v) is 5.40. The molecule has 3 aromatic rings. The molecule has 0 radical (unpaired) electrons. The molecule has 0 spiro atoms. The van der Waals surface area contributed by atoms with Gasteiger partial charge in [0, 0.05) is 46.8 Å². The third kappa shape index (κ3) is 7.22. The number of carboxylic acid groups (broad SMARTS) is 1. The van der Waals surface area contributed by atoms with Gasteiger partial charge in [-0.3, -0.25) is 14.4 Å². The number of halogens is 1. The summed E-state index contributed by atoms with van der Waals surface area (Å²) in [5.74, 6) is -1.05. The largest absolute Gasteiger partial charge is 0.493 e. The second-order valence-electron chi connectivity index (χ2n) is 11.5. The number of fused-ring (bicyclic) bond motifs is 1. The number of para-hydroxylation sites is 1. The van der Waals surface area contributed by atoms with E-state index in [4.69, 9.17) is 36.7 Å². The third-order valence-electron chi connectivity index (χ3n) is 7.56. The van der Waals surface area contributed by atoms with Gasteiger partial charge in [0.05, 0.1) is 26.7 Å². The zero-order chi connectivity index (χ0) is 32.2. The fraction of sp³-hybridized carbons (Fsp3) is 0.364. The van der Waals surface area contributed by atoms with Crippen LogP contribution in [0.2, 0.25) is 5.02 Å². The highest BCUT2D eigenvalue weighted by Gasteiger charge is 2.41. The van der Waals surface area contributed by atoms with Crippen LogP contribution in [0.4, 0.5) is 5.69 Å². The van der Waals surface area contributed by atoms with Crippen LogP contribution >= 0.6 is 11.6 Å². The van der Waals surface area contributed by atoms with Crippen molar-refractivity contribution >= 4 is 34.9 Å². The Morgan fingerprint density at radius 1 is 1.07 bits per heavy atom. The molecule has 11 heteroatoms. The van der Waals surface area contributed by atoms with Crippen LogP contribution < -0.4 is 20.1 Å². The molecule has 0 bridgehead atoms. The van der Waals surface area contributed by atoms with E-state index in [0.717, 1.165) is 0 Å². The molecule has 1 aliphatic rings. The average Bonchev–Trinajstić information content (AvgIpc) is 3.10. The number of anilines is 1. The highest BCUT2D eigenvalue weighted by molar-refractivity contribution is 6.30. The van der Waals surface area contributed by atoms with Crippen molar-refractivity contribution in [1.82, 2.24) is 0 Å². The number of carboxylic acids is 1. The lowest BCUT2D eigenvalue weighted by Crippen LogP contribution is -2.46. The van der Waals surface area contributed by atoms with E-state index in [0.29, 0.717) is 44.5 Å². The number of ether oxygens (including phenoxy) is 3. The smallest absolute Gasteiger partial charge is 0.307 e. The van der Waals surface area contributed by atoms with Gasteiger partial charge >= 0.3 is 5.97 Å². The molecule has 1 heterocycles. The van der Waals surface area contributed by atoms with Crippen LogP contribution in [0.3, 0.4) is 0 Å². The van der Waals surface area contributed by atoms with Crippen molar-refractivity contribution in [1.29, 1.82) is 0 Å². The summed E-state index contributed by atoms with van der Waals surface area (Å²) in [6.45, 7) is 3.59. The van der Waals surface area contributed by atoms with Gasteiger partial charge < -0.3 is 35.1 Å². The highest BCUT2D eigenvalue weighted by atomic mass is 35.5. The number of aliphatic hydroxyl groups excluding tert-OH is 1. The second-order valence-corrected chi connectivity index (χ2v) is 11.9. The van der Waals surface area contributed by atoms with Crippen molar-refractivity contribution in [2.45, 2.75) is 44.9 Å². The summed E-state index contributed by atoms with van der Waals surface area (Å²) in [6.07, 6.45) is -2.67. The number of nitrogens with two attached hydrogens (primary N) is 1. The van der Waals surface area contributed by atoms with Crippen LogP contribution in [-0.2, 0) is 25.5 Å². The molecule has 0 aliphatic carbocycles. The van der Waals surface area contributed by atoms with Crippen LogP contribution in [0, 0.1) is 5.41 Å². The number of carbonyl (C=O) groups is 3. The minimum absolute atomic E-state index is 0.129. The van der Waals surface area contributed by atoms with E-state index in [9.17, 15) is 19.5 Å². The summed E-state index contributed by atoms with van der Waals surface area (Å²) in [4.78, 5) is 40.4. The lowest BCUT2D eigenvalue weighted by molar-refractivity contribution is -0.138. The molecule has 4 N–H and O–H groups in total. The van der Waals surface area contributed by atoms with Crippen molar-refractivity contribution in [3.05, 3.63) is 87.9 Å². The normalized spacial score (nSPS) is 17.4. The predicted molar refractivity (Wildman–Crippen MR) is 165 cm³/mol. The average molecular weight is 625 g/mol. The molecular formula is C33H37ClN2O8. The summed E-state index contributed by atoms with van der Waals surface area (Å²) < 4.78 is 17.8. The molecule has 1 aliphatic heterocycles. The zero-order valence-electron chi connectivity index (χ0n) is 25.1. The molecule has 10 nitrogen and oxygen atoms in total. The Hall–Kier alpha value is -3.96. The van der Waals surface area contributed by atoms with E-state index in [2.05, 4.69) is 0 Å². The molecule has 3 atom stereocenters. The number of aliphatic carboxylic acids is 1. The first-order valence-electron chi connectivity index (χ1n) is 14.1. The maximum atomic E-state index is 14.3. The maximum absolute atomic E-state index is 14.3. The molecule has 0 saturated heterocycles. The number of rotatable bonds is 12. The van der Waals surface area contributed by atoms with E-state index >= 15 is 0 Å². The van der Waals surface area contributed by atoms with Gasteiger partial charge in [-0.25, -0.2) is 0 Å². The topological polar surface area (TPSA) is 149 Å². The molecule has 1 unspecified atom stereocenters. The second kappa shape index (κ2) is 13.8. The first-order valence-corrected chi connectivity index (χ1v) is 14.4. The fourth-order valence-electron chi connectivity index (χ4n) is 5.22. The number of amides is 1. The summed E-state index contributed by atoms with van der Waals surface area (Å²) in [5.41, 5.74) is 8.34. The Balaban J connectivity index is 1.78. The number of aliphatic hydroxyl groups is 1. The van der Waals surface area contributed by atoms with Gasteiger partial charge in [-0.15, -0.1) is 0 Å². The van der Waals surface area contributed by atoms with E-state index < -0.39 is 41.3 Å². The van der Waals surface area contributed by atoms with E-state index in [-0.39, 0.29) is 26.0 Å². The number of carbonyl (C=O) groups excluding carboxylic acids is 2. The van der Waals surface area contributed by atoms with Gasteiger partial charge in [0.25, 0.3) is 5.91 Å². The minimum Gasteiger partial charge on any atom is -0.493 e. The predicted octanol–water partition coefficient (Wildman–Crippen LogP) is 4.48. The first-order chi connectivity index (χ1) is 20.9. The van der Waals surface area contributed by atoms with Gasteiger partial charge in [-0.05, 0) is 35.4 Å². The summed E-state index contributed by atoms with van der Waals surface area (Å²) in [5, 5.41) is 19.5. The summed E-state index contributed by atoms with van der Waals surface area (Å²) >= 11 is 6.47. The van der Waals surface area contributed by atoms with Crippen LogP contribution in [0.5, 0.6) is 11.5 Å². The number of hydrogen-bond donors (Lipinski definition) is 3. The Labute approximate surface area is 261 Å². The zero-order valence-corrected chi connectivity index (χ0v) is 25.8. The third-order valence-corrected chi connectivity index (χ3v) is 7.80. The van der Waals surface area contributed by atoms with Gasteiger partial charge in [-0.1, -0.05) is 61.8 Å². The highest BCUT2D eigenvalue weighted by Crippen LogP contribution is 2.45. The van der Waals surface area contributed by atoms with E-state index in [1.165, 1.54) is 19.1 Å². The van der Waals surface area contributed by atoms with Crippen molar-refractivity contribution < 1.29 is 38.8 Å². The van der Waals surface area contributed by atoms with Crippen LogP contribution in [0.15, 0.2) is 60.7 Å². The molecule has 0 fully saturated rings. The Morgan fingerprint density at radius 3 is 2.39 bits per heavy atom. The first kappa shape index (κ1) is 32.9. The lowest BCUT2D eigenvalue weighted by atomic mass is 9.92. The molecule has 1 amide bonds. The standard InChI is InChI=1S/C33H37ClN2O8/c1-33(2,18-37)17-36-24-13-12-21(34)15-23(24)30(22-6-5-7-26(42-3)31(22)43-4)44-27(32(36)41)16-25(38)29(35)20-10-8-19(9-11-20)14-28(39)40/h5-13,15,27,29-30,37H,14,16-18,35H2,1-4H3,(H,39,40)/t27-,29?,30-/m1/s1. The Kier molecular flexibility index (Phi) is 10.3. The Bertz CT molecular complexity index is 1520.